The molecule has 2 aliphatic rings. The van der Waals surface area contributed by atoms with Gasteiger partial charge >= 0.3 is 5.97 Å². The van der Waals surface area contributed by atoms with Crippen LogP contribution >= 0.6 is 0 Å². The van der Waals surface area contributed by atoms with Crippen LogP contribution in [-0.4, -0.2) is 46.5 Å². The van der Waals surface area contributed by atoms with Gasteiger partial charge in [-0.2, -0.15) is 0 Å². The lowest BCUT2D eigenvalue weighted by Gasteiger charge is -2.48. The Kier molecular flexibility index (Phi) is 5.92. The summed E-state index contributed by atoms with van der Waals surface area (Å²) in [5.41, 5.74) is -1.78. The number of carboxylic acids is 1. The fourth-order valence-corrected chi connectivity index (χ4v) is 4.24. The predicted molar refractivity (Wildman–Crippen MR) is 111 cm³/mol. The molecule has 0 spiro atoms. The second kappa shape index (κ2) is 8.13. The van der Waals surface area contributed by atoms with Gasteiger partial charge in [0.1, 0.15) is 0 Å². The number of carbonyl (C=O) groups is 3. The number of ketones is 1. The number of carboxylic acid groups (broad SMARTS) is 1. The number of likely N-dealkylation sites (tertiary alicyclic amines) is 1. The summed E-state index contributed by atoms with van der Waals surface area (Å²) in [6.45, 7) is 7.31. The number of nitrogens with zero attached hydrogens (tertiary/aromatic N) is 1. The van der Waals surface area contributed by atoms with Crippen LogP contribution in [0.1, 0.15) is 58.4 Å². The highest BCUT2D eigenvalue weighted by Crippen LogP contribution is 2.45. The third kappa shape index (κ3) is 3.46. The van der Waals surface area contributed by atoms with E-state index in [4.69, 9.17) is 9.47 Å². The van der Waals surface area contributed by atoms with Crippen molar-refractivity contribution >= 4 is 17.7 Å². The van der Waals surface area contributed by atoms with Gasteiger partial charge in [-0.15, -0.1) is 0 Å². The molecular formula is C23H29NO6. The van der Waals surface area contributed by atoms with Crippen molar-refractivity contribution in [1.29, 1.82) is 0 Å². The molecule has 1 N–H and O–H groups in total. The maximum atomic E-state index is 13.3. The summed E-state index contributed by atoms with van der Waals surface area (Å²) in [4.78, 5) is 40.2. The second-order valence-corrected chi connectivity index (χ2v) is 8.46. The summed E-state index contributed by atoms with van der Waals surface area (Å²) < 4.78 is 10.8. The number of rotatable bonds is 6. The normalized spacial score (nSPS) is 23.6. The Balaban J connectivity index is 2.10. The lowest BCUT2D eigenvalue weighted by Crippen LogP contribution is -2.64. The van der Waals surface area contributed by atoms with Crippen molar-refractivity contribution in [3.63, 3.8) is 0 Å². The van der Waals surface area contributed by atoms with E-state index in [2.05, 4.69) is 0 Å². The zero-order chi connectivity index (χ0) is 22.1. The molecule has 0 radical (unpaired) electrons. The molecule has 1 fully saturated rings. The van der Waals surface area contributed by atoms with E-state index in [-0.39, 0.29) is 13.3 Å². The van der Waals surface area contributed by atoms with Crippen LogP contribution in [-0.2, 0) is 14.4 Å². The molecule has 1 saturated heterocycles. The molecule has 0 bridgehead atoms. The first-order valence-corrected chi connectivity index (χ1v) is 10.3. The van der Waals surface area contributed by atoms with Gasteiger partial charge in [-0.3, -0.25) is 9.59 Å². The molecule has 0 saturated carbocycles. The van der Waals surface area contributed by atoms with E-state index in [9.17, 15) is 19.5 Å². The number of benzene rings is 1. The molecule has 1 aromatic rings. The number of amides is 1. The number of piperidine rings is 1. The molecule has 1 aromatic carbocycles. The zero-order valence-electron chi connectivity index (χ0n) is 17.9. The maximum absolute atomic E-state index is 13.3. The molecule has 2 aliphatic heterocycles. The van der Waals surface area contributed by atoms with Gasteiger partial charge in [0.05, 0.1) is 0 Å². The van der Waals surface area contributed by atoms with Crippen LogP contribution in [0.2, 0.25) is 0 Å². The number of ether oxygens (including phenoxy) is 2. The van der Waals surface area contributed by atoms with Crippen molar-refractivity contribution in [2.75, 3.05) is 13.3 Å². The fourth-order valence-electron chi connectivity index (χ4n) is 4.24. The summed E-state index contributed by atoms with van der Waals surface area (Å²) in [6, 6.07) is 5.34. The minimum absolute atomic E-state index is 0.119. The number of fused-ring (bicyclic) bond motifs is 1. The average Bonchev–Trinajstić information content (AvgIpc) is 3.20. The van der Waals surface area contributed by atoms with E-state index in [0.717, 1.165) is 5.56 Å². The van der Waals surface area contributed by atoms with Gasteiger partial charge in [0.2, 0.25) is 12.6 Å². The monoisotopic (exact) mass is 415 g/mol. The van der Waals surface area contributed by atoms with Crippen molar-refractivity contribution in [2.24, 2.45) is 5.41 Å². The lowest BCUT2D eigenvalue weighted by atomic mass is 9.71. The third-order valence-corrected chi connectivity index (χ3v) is 6.35. The molecule has 0 aromatic heterocycles. The van der Waals surface area contributed by atoms with Gasteiger partial charge in [-0.25, -0.2) is 4.79 Å². The van der Waals surface area contributed by atoms with Crippen molar-refractivity contribution in [2.45, 2.75) is 58.4 Å². The largest absolute Gasteiger partial charge is 0.479 e. The van der Waals surface area contributed by atoms with Crippen molar-refractivity contribution in [1.82, 2.24) is 4.90 Å². The van der Waals surface area contributed by atoms with Crippen LogP contribution in [0.3, 0.4) is 0 Å². The van der Waals surface area contributed by atoms with Gasteiger partial charge < -0.3 is 19.5 Å². The Bertz CT molecular complexity index is 890. The fraction of sp³-hybridized carbons (Fsp3) is 0.522. The van der Waals surface area contributed by atoms with Crippen molar-refractivity contribution in [3.8, 4) is 11.5 Å². The van der Waals surface area contributed by atoms with Crippen LogP contribution in [0, 0.1) is 5.41 Å². The van der Waals surface area contributed by atoms with Crippen LogP contribution in [0.15, 0.2) is 30.4 Å². The number of allylic oxidation sites excluding steroid dienone is 1. The van der Waals surface area contributed by atoms with E-state index in [1.807, 2.05) is 13.0 Å². The molecule has 0 aliphatic carbocycles. The van der Waals surface area contributed by atoms with E-state index >= 15 is 0 Å². The molecule has 30 heavy (non-hydrogen) atoms. The van der Waals surface area contributed by atoms with Gasteiger partial charge in [0.15, 0.2) is 17.0 Å². The Labute approximate surface area is 176 Å². The molecule has 7 nitrogen and oxygen atoms in total. The molecule has 7 heteroatoms. The average molecular weight is 415 g/mol. The Hall–Kier alpha value is -2.83. The highest BCUT2D eigenvalue weighted by molar-refractivity contribution is 6.38. The third-order valence-electron chi connectivity index (χ3n) is 6.35. The minimum Gasteiger partial charge on any atom is -0.479 e. The Morgan fingerprint density at radius 2 is 1.97 bits per heavy atom. The summed E-state index contributed by atoms with van der Waals surface area (Å²) in [5, 5.41) is 10.4. The second-order valence-electron chi connectivity index (χ2n) is 8.46. The molecular weight excluding hydrogens is 386 g/mol. The van der Waals surface area contributed by atoms with Gasteiger partial charge in [0.25, 0.3) is 5.91 Å². The highest BCUT2D eigenvalue weighted by atomic mass is 16.7. The van der Waals surface area contributed by atoms with Crippen molar-refractivity contribution in [3.05, 3.63) is 35.9 Å². The molecule has 3 rings (SSSR count). The minimum atomic E-state index is -1.66. The van der Waals surface area contributed by atoms with Crippen LogP contribution in [0.5, 0.6) is 11.5 Å². The first kappa shape index (κ1) is 21.9. The summed E-state index contributed by atoms with van der Waals surface area (Å²) in [5.74, 6) is -1.83. The number of Topliss-reactive ketones (excluding diaryl/α,β-unsaturated/α-hetero) is 1. The summed E-state index contributed by atoms with van der Waals surface area (Å²) >= 11 is 0. The number of hydrogen-bond acceptors (Lipinski definition) is 5. The van der Waals surface area contributed by atoms with E-state index in [1.54, 1.807) is 39.0 Å². The Morgan fingerprint density at radius 3 is 2.60 bits per heavy atom. The quantitative estimate of drug-likeness (QED) is 0.564. The van der Waals surface area contributed by atoms with Crippen LogP contribution < -0.4 is 9.47 Å². The number of carbonyl (C=O) groups excluding carboxylic acids is 2. The molecule has 1 amide bonds. The first-order valence-electron chi connectivity index (χ1n) is 10.3. The van der Waals surface area contributed by atoms with Crippen molar-refractivity contribution < 1.29 is 29.0 Å². The van der Waals surface area contributed by atoms with Gasteiger partial charge in [-0.05, 0) is 43.9 Å². The standard InChI is InChI=1S/C23H29NO6/c1-5-11-23(21(27)28)16(15-9-10-17-18(13-15)30-14-29-17)8-7-12-24(23)20(26)19(25)22(3,4)6-2/h5,9-11,13,16H,6-8,12,14H2,1-4H3,(H,27,28). The lowest BCUT2D eigenvalue weighted by molar-refractivity contribution is -0.164. The number of hydrogen-bond donors (Lipinski definition) is 1. The molecule has 2 unspecified atom stereocenters. The topological polar surface area (TPSA) is 93.1 Å². The maximum Gasteiger partial charge on any atom is 0.334 e. The van der Waals surface area contributed by atoms with E-state index < -0.39 is 34.5 Å². The first-order chi connectivity index (χ1) is 14.2. The predicted octanol–water partition coefficient (Wildman–Crippen LogP) is 3.53. The van der Waals surface area contributed by atoms with Crippen LogP contribution in [0.25, 0.3) is 0 Å². The SMILES string of the molecule is CC=CC1(C(=O)O)C(c2ccc3c(c2)OCO3)CCCN1C(=O)C(=O)C(C)(C)CC. The Morgan fingerprint density at radius 1 is 1.27 bits per heavy atom. The summed E-state index contributed by atoms with van der Waals surface area (Å²) in [6.07, 6.45) is 4.81. The van der Waals surface area contributed by atoms with Gasteiger partial charge in [-0.1, -0.05) is 39.0 Å². The summed E-state index contributed by atoms with van der Waals surface area (Å²) in [7, 11) is 0. The van der Waals surface area contributed by atoms with Gasteiger partial charge in [0, 0.05) is 17.9 Å². The zero-order valence-corrected chi connectivity index (χ0v) is 17.9. The van der Waals surface area contributed by atoms with E-state index in [1.165, 1.54) is 11.0 Å². The molecule has 2 heterocycles. The van der Waals surface area contributed by atoms with Crippen LogP contribution in [0.4, 0.5) is 0 Å². The molecule has 162 valence electrons. The highest BCUT2D eigenvalue weighted by Gasteiger charge is 2.55. The smallest absolute Gasteiger partial charge is 0.334 e. The van der Waals surface area contributed by atoms with E-state index in [0.29, 0.717) is 30.8 Å². The number of aliphatic carboxylic acids is 1. The molecule has 2 atom stereocenters.